The number of rotatable bonds is 3. The minimum Gasteiger partial charge on any atom is -0.393 e. The van der Waals surface area contributed by atoms with Gasteiger partial charge in [-0.2, -0.15) is 0 Å². The van der Waals surface area contributed by atoms with Crippen LogP contribution < -0.4 is 10.6 Å². The molecular formula is C13H25ClN2O2. The summed E-state index contributed by atoms with van der Waals surface area (Å²) >= 11 is 0. The quantitative estimate of drug-likeness (QED) is 0.723. The van der Waals surface area contributed by atoms with Gasteiger partial charge in [-0.05, 0) is 38.8 Å². The van der Waals surface area contributed by atoms with Crippen LogP contribution in [0.25, 0.3) is 0 Å². The SMILES string of the molecule is Cl.O=C(NCC1CCCCC1O)C1CCNCC1. The number of carbonyl (C=O) groups excluding carboxylic acids is 1. The summed E-state index contributed by atoms with van der Waals surface area (Å²) in [7, 11) is 0. The Bertz CT molecular complexity index is 257. The summed E-state index contributed by atoms with van der Waals surface area (Å²) in [5, 5.41) is 16.1. The molecule has 1 amide bonds. The van der Waals surface area contributed by atoms with Gasteiger partial charge < -0.3 is 15.7 Å². The molecule has 2 unspecified atom stereocenters. The van der Waals surface area contributed by atoms with Crippen LogP contribution in [0.5, 0.6) is 0 Å². The normalized spacial score (nSPS) is 29.4. The molecule has 0 aromatic heterocycles. The van der Waals surface area contributed by atoms with Crippen LogP contribution in [0.2, 0.25) is 0 Å². The van der Waals surface area contributed by atoms with Crippen molar-refractivity contribution in [3.05, 3.63) is 0 Å². The molecule has 106 valence electrons. The molecule has 0 aromatic carbocycles. The van der Waals surface area contributed by atoms with Gasteiger partial charge in [-0.1, -0.05) is 12.8 Å². The smallest absolute Gasteiger partial charge is 0.223 e. The molecule has 18 heavy (non-hydrogen) atoms. The monoisotopic (exact) mass is 276 g/mol. The van der Waals surface area contributed by atoms with Crippen molar-refractivity contribution in [2.75, 3.05) is 19.6 Å². The number of aliphatic hydroxyl groups excluding tert-OH is 1. The van der Waals surface area contributed by atoms with E-state index in [1.807, 2.05) is 0 Å². The Labute approximate surface area is 115 Å². The molecule has 1 aliphatic carbocycles. The lowest BCUT2D eigenvalue weighted by molar-refractivity contribution is -0.126. The summed E-state index contributed by atoms with van der Waals surface area (Å²) in [4.78, 5) is 11.9. The number of nitrogens with one attached hydrogen (secondary N) is 2. The van der Waals surface area contributed by atoms with Crippen molar-refractivity contribution in [2.24, 2.45) is 11.8 Å². The predicted molar refractivity (Wildman–Crippen MR) is 73.8 cm³/mol. The summed E-state index contributed by atoms with van der Waals surface area (Å²) in [5.41, 5.74) is 0. The van der Waals surface area contributed by atoms with Gasteiger partial charge in [0.1, 0.15) is 0 Å². The van der Waals surface area contributed by atoms with E-state index in [1.165, 1.54) is 6.42 Å². The molecule has 0 radical (unpaired) electrons. The third-order valence-electron chi connectivity index (χ3n) is 4.12. The number of hydrogen-bond acceptors (Lipinski definition) is 3. The van der Waals surface area contributed by atoms with Gasteiger partial charge in [0.05, 0.1) is 6.10 Å². The zero-order valence-corrected chi connectivity index (χ0v) is 11.7. The molecule has 0 bridgehead atoms. The Morgan fingerprint density at radius 1 is 1.17 bits per heavy atom. The van der Waals surface area contributed by atoms with Crippen LogP contribution in [0, 0.1) is 11.8 Å². The van der Waals surface area contributed by atoms with Crippen LogP contribution in [-0.2, 0) is 4.79 Å². The second-order valence-electron chi connectivity index (χ2n) is 5.38. The lowest BCUT2D eigenvalue weighted by atomic mass is 9.86. The van der Waals surface area contributed by atoms with E-state index < -0.39 is 0 Å². The van der Waals surface area contributed by atoms with Crippen LogP contribution in [0.1, 0.15) is 38.5 Å². The lowest BCUT2D eigenvalue weighted by Gasteiger charge is -2.29. The number of hydrogen-bond donors (Lipinski definition) is 3. The number of halogens is 1. The van der Waals surface area contributed by atoms with E-state index in [-0.39, 0.29) is 36.3 Å². The summed E-state index contributed by atoms with van der Waals surface area (Å²) in [6.07, 6.45) is 5.93. The van der Waals surface area contributed by atoms with E-state index in [9.17, 15) is 9.90 Å². The van der Waals surface area contributed by atoms with E-state index in [2.05, 4.69) is 10.6 Å². The van der Waals surface area contributed by atoms with E-state index in [1.54, 1.807) is 0 Å². The fourth-order valence-corrected chi connectivity index (χ4v) is 2.89. The fourth-order valence-electron chi connectivity index (χ4n) is 2.89. The maximum absolute atomic E-state index is 11.9. The lowest BCUT2D eigenvalue weighted by Crippen LogP contribution is -2.42. The number of carbonyl (C=O) groups is 1. The Kier molecular flexibility index (Phi) is 6.97. The average molecular weight is 277 g/mol. The number of piperidine rings is 1. The van der Waals surface area contributed by atoms with E-state index in [0.29, 0.717) is 6.54 Å². The molecule has 2 rings (SSSR count). The van der Waals surface area contributed by atoms with Gasteiger partial charge in [0, 0.05) is 18.4 Å². The zero-order chi connectivity index (χ0) is 12.1. The van der Waals surface area contributed by atoms with Crippen LogP contribution in [0.4, 0.5) is 0 Å². The van der Waals surface area contributed by atoms with Crippen molar-refractivity contribution in [1.29, 1.82) is 0 Å². The molecule has 0 aromatic rings. The molecule has 2 atom stereocenters. The Morgan fingerprint density at radius 3 is 2.50 bits per heavy atom. The van der Waals surface area contributed by atoms with Gasteiger partial charge in [0.2, 0.25) is 5.91 Å². The molecule has 3 N–H and O–H groups in total. The van der Waals surface area contributed by atoms with Crippen molar-refractivity contribution in [2.45, 2.75) is 44.6 Å². The fraction of sp³-hybridized carbons (Fsp3) is 0.923. The average Bonchev–Trinajstić information content (AvgIpc) is 2.38. The molecular weight excluding hydrogens is 252 g/mol. The first-order chi connectivity index (χ1) is 8.27. The molecule has 1 saturated carbocycles. The third kappa shape index (κ3) is 4.41. The topological polar surface area (TPSA) is 61.4 Å². The second-order valence-corrected chi connectivity index (χ2v) is 5.38. The second kappa shape index (κ2) is 7.97. The Hall–Kier alpha value is -0.320. The predicted octanol–water partition coefficient (Wildman–Crippen LogP) is 1.08. The summed E-state index contributed by atoms with van der Waals surface area (Å²) in [6, 6.07) is 0. The minimum absolute atomic E-state index is 0. The van der Waals surface area contributed by atoms with E-state index >= 15 is 0 Å². The summed E-state index contributed by atoms with van der Waals surface area (Å²) in [6.45, 7) is 2.55. The highest BCUT2D eigenvalue weighted by atomic mass is 35.5. The van der Waals surface area contributed by atoms with Crippen LogP contribution in [0.15, 0.2) is 0 Å². The van der Waals surface area contributed by atoms with Gasteiger partial charge in [-0.3, -0.25) is 4.79 Å². The number of aliphatic hydroxyl groups is 1. The van der Waals surface area contributed by atoms with Gasteiger partial charge >= 0.3 is 0 Å². The Balaban J connectivity index is 0.00000162. The standard InChI is InChI=1S/C13H24N2O2.ClH/c16-12-4-2-1-3-11(12)9-15-13(17)10-5-7-14-8-6-10;/h10-12,14,16H,1-9H2,(H,15,17);1H. The first kappa shape index (κ1) is 15.7. The minimum atomic E-state index is -0.211. The highest BCUT2D eigenvalue weighted by Gasteiger charge is 2.25. The molecule has 4 nitrogen and oxygen atoms in total. The number of amides is 1. The highest BCUT2D eigenvalue weighted by Crippen LogP contribution is 2.23. The van der Waals surface area contributed by atoms with Crippen molar-refractivity contribution < 1.29 is 9.90 Å². The first-order valence-electron chi connectivity index (χ1n) is 6.94. The van der Waals surface area contributed by atoms with Crippen molar-refractivity contribution >= 4 is 18.3 Å². The maximum atomic E-state index is 11.9. The molecule has 1 aliphatic heterocycles. The molecule has 0 spiro atoms. The highest BCUT2D eigenvalue weighted by molar-refractivity contribution is 5.85. The third-order valence-corrected chi connectivity index (χ3v) is 4.12. The summed E-state index contributed by atoms with van der Waals surface area (Å²) < 4.78 is 0. The van der Waals surface area contributed by atoms with Crippen molar-refractivity contribution in [3.63, 3.8) is 0 Å². The van der Waals surface area contributed by atoms with Crippen LogP contribution in [-0.4, -0.2) is 36.8 Å². The molecule has 1 saturated heterocycles. The van der Waals surface area contributed by atoms with Gasteiger partial charge in [0.15, 0.2) is 0 Å². The van der Waals surface area contributed by atoms with Crippen LogP contribution >= 0.6 is 12.4 Å². The summed E-state index contributed by atoms with van der Waals surface area (Å²) in [5.74, 6) is 0.635. The van der Waals surface area contributed by atoms with E-state index in [4.69, 9.17) is 0 Å². The zero-order valence-electron chi connectivity index (χ0n) is 10.9. The largest absolute Gasteiger partial charge is 0.393 e. The first-order valence-corrected chi connectivity index (χ1v) is 6.94. The van der Waals surface area contributed by atoms with Gasteiger partial charge in [-0.15, -0.1) is 12.4 Å². The van der Waals surface area contributed by atoms with Gasteiger partial charge in [-0.25, -0.2) is 0 Å². The van der Waals surface area contributed by atoms with Crippen molar-refractivity contribution in [1.82, 2.24) is 10.6 Å². The van der Waals surface area contributed by atoms with Crippen molar-refractivity contribution in [3.8, 4) is 0 Å². The van der Waals surface area contributed by atoms with E-state index in [0.717, 1.165) is 45.2 Å². The Morgan fingerprint density at radius 2 is 1.83 bits per heavy atom. The van der Waals surface area contributed by atoms with Crippen LogP contribution in [0.3, 0.4) is 0 Å². The maximum Gasteiger partial charge on any atom is 0.223 e. The molecule has 2 fully saturated rings. The molecule has 5 heteroatoms. The molecule has 2 aliphatic rings. The van der Waals surface area contributed by atoms with Gasteiger partial charge in [0.25, 0.3) is 0 Å². The molecule has 1 heterocycles.